The molecule has 5 nitrogen and oxygen atoms in total. The van der Waals surface area contributed by atoms with E-state index in [0.717, 1.165) is 5.56 Å². The number of sulfonamides is 1. The molecule has 1 amide bonds. The maximum Gasteiger partial charge on any atom is 0.261 e. The second kappa shape index (κ2) is 8.63. The molecule has 0 saturated carbocycles. The summed E-state index contributed by atoms with van der Waals surface area (Å²) < 4.78 is 41.2. The van der Waals surface area contributed by atoms with Gasteiger partial charge in [-0.15, -0.1) is 0 Å². The van der Waals surface area contributed by atoms with Crippen LogP contribution in [-0.2, 0) is 16.6 Å². The van der Waals surface area contributed by atoms with Gasteiger partial charge in [0.1, 0.15) is 5.82 Å². The van der Waals surface area contributed by atoms with Crippen molar-refractivity contribution in [1.82, 2.24) is 5.32 Å². The summed E-state index contributed by atoms with van der Waals surface area (Å²) in [4.78, 5) is 12.6. The Kier molecular flexibility index (Phi) is 6.20. The van der Waals surface area contributed by atoms with E-state index in [1.165, 1.54) is 36.4 Å². The third-order valence-electron chi connectivity index (χ3n) is 4.19. The molecule has 0 unspecified atom stereocenters. The molecule has 0 saturated heterocycles. The molecule has 29 heavy (non-hydrogen) atoms. The van der Waals surface area contributed by atoms with Crippen LogP contribution in [0, 0.1) is 12.7 Å². The Morgan fingerprint density at radius 1 is 1.03 bits per heavy atom. The zero-order valence-corrected chi connectivity index (χ0v) is 17.0. The highest BCUT2D eigenvalue weighted by Crippen LogP contribution is 2.23. The Balaban J connectivity index is 1.78. The maximum absolute atomic E-state index is 13.7. The van der Waals surface area contributed by atoms with Gasteiger partial charge >= 0.3 is 0 Å². The number of anilines is 1. The summed E-state index contributed by atoms with van der Waals surface area (Å²) in [5.41, 5.74) is 1.52. The van der Waals surface area contributed by atoms with E-state index in [9.17, 15) is 17.6 Å². The fourth-order valence-corrected chi connectivity index (χ4v) is 3.86. The Morgan fingerprint density at radius 3 is 2.41 bits per heavy atom. The molecular weight excluding hydrogens is 415 g/mol. The van der Waals surface area contributed by atoms with Crippen LogP contribution < -0.4 is 10.0 Å². The zero-order chi connectivity index (χ0) is 21.0. The predicted octanol–water partition coefficient (Wildman–Crippen LogP) is 4.52. The Labute approximate surface area is 173 Å². The summed E-state index contributed by atoms with van der Waals surface area (Å²) in [6.07, 6.45) is 0. The lowest BCUT2D eigenvalue weighted by Crippen LogP contribution is -2.24. The summed E-state index contributed by atoms with van der Waals surface area (Å²) in [5, 5.41) is 2.73. The number of nitrogens with one attached hydrogen (secondary N) is 2. The lowest BCUT2D eigenvalue weighted by Gasteiger charge is -2.12. The van der Waals surface area contributed by atoms with Crippen LogP contribution in [0.3, 0.4) is 0 Å². The van der Waals surface area contributed by atoms with Gasteiger partial charge in [-0.05, 0) is 43.3 Å². The van der Waals surface area contributed by atoms with Gasteiger partial charge in [0.05, 0.1) is 15.5 Å². The van der Waals surface area contributed by atoms with Crippen LogP contribution >= 0.6 is 11.6 Å². The Morgan fingerprint density at radius 2 is 1.72 bits per heavy atom. The Bertz CT molecular complexity index is 1150. The van der Waals surface area contributed by atoms with Gasteiger partial charge in [-0.2, -0.15) is 0 Å². The van der Waals surface area contributed by atoms with Crippen molar-refractivity contribution in [3.05, 3.63) is 94.3 Å². The van der Waals surface area contributed by atoms with Gasteiger partial charge in [0, 0.05) is 17.8 Å². The molecule has 0 bridgehead atoms. The van der Waals surface area contributed by atoms with Crippen molar-refractivity contribution >= 4 is 33.2 Å². The molecule has 0 aliphatic carbocycles. The van der Waals surface area contributed by atoms with E-state index < -0.39 is 21.7 Å². The summed E-state index contributed by atoms with van der Waals surface area (Å²) in [6.45, 7) is 1.83. The average Bonchev–Trinajstić information content (AvgIpc) is 2.69. The van der Waals surface area contributed by atoms with E-state index in [0.29, 0.717) is 5.56 Å². The minimum absolute atomic E-state index is 0.0266. The van der Waals surface area contributed by atoms with Crippen LogP contribution in [0.5, 0.6) is 0 Å². The fraction of sp³-hybridized carbons (Fsp3) is 0.0952. The fourth-order valence-electron chi connectivity index (χ4n) is 2.61. The molecule has 3 rings (SSSR count). The highest BCUT2D eigenvalue weighted by atomic mass is 35.5. The molecule has 0 heterocycles. The predicted molar refractivity (Wildman–Crippen MR) is 111 cm³/mol. The number of carbonyl (C=O) groups is 1. The standard InChI is InChI=1S/C21H18ClFN2O3S/c1-14-6-9-17(10-7-14)29(27,28)25-16-8-11-19(22)18(12-16)21(26)24-13-15-4-2-3-5-20(15)23/h2-12,25H,13H2,1H3,(H,24,26). The smallest absolute Gasteiger partial charge is 0.261 e. The number of hydrogen-bond donors (Lipinski definition) is 2. The molecule has 3 aromatic rings. The SMILES string of the molecule is Cc1ccc(S(=O)(=O)Nc2ccc(Cl)c(C(=O)NCc3ccccc3F)c2)cc1. The lowest BCUT2D eigenvalue weighted by molar-refractivity contribution is 0.0950. The van der Waals surface area contributed by atoms with E-state index >= 15 is 0 Å². The number of hydrogen-bond acceptors (Lipinski definition) is 3. The minimum Gasteiger partial charge on any atom is -0.348 e. The van der Waals surface area contributed by atoms with Crippen molar-refractivity contribution in [3.8, 4) is 0 Å². The second-order valence-electron chi connectivity index (χ2n) is 6.39. The minimum atomic E-state index is -3.82. The quantitative estimate of drug-likeness (QED) is 0.601. The summed E-state index contributed by atoms with van der Waals surface area (Å²) in [7, 11) is -3.82. The molecule has 0 aromatic heterocycles. The number of aryl methyl sites for hydroxylation is 1. The topological polar surface area (TPSA) is 75.3 Å². The van der Waals surface area contributed by atoms with Gasteiger partial charge in [0.25, 0.3) is 15.9 Å². The molecular formula is C21H18ClFN2O3S. The van der Waals surface area contributed by atoms with Crippen LogP contribution in [0.1, 0.15) is 21.5 Å². The van der Waals surface area contributed by atoms with Crippen LogP contribution in [-0.4, -0.2) is 14.3 Å². The number of halogens is 2. The van der Waals surface area contributed by atoms with Crippen LogP contribution in [0.15, 0.2) is 71.6 Å². The van der Waals surface area contributed by atoms with Crippen LogP contribution in [0.2, 0.25) is 5.02 Å². The molecule has 0 fully saturated rings. The Hall–Kier alpha value is -2.90. The number of amides is 1. The van der Waals surface area contributed by atoms with Crippen molar-refractivity contribution in [2.24, 2.45) is 0 Å². The highest BCUT2D eigenvalue weighted by molar-refractivity contribution is 7.92. The molecule has 8 heteroatoms. The maximum atomic E-state index is 13.7. The summed E-state index contributed by atoms with van der Waals surface area (Å²) in [5.74, 6) is -0.979. The molecule has 0 aliphatic heterocycles. The van der Waals surface area contributed by atoms with E-state index in [1.54, 1.807) is 30.3 Å². The van der Waals surface area contributed by atoms with Crippen molar-refractivity contribution in [1.29, 1.82) is 0 Å². The molecule has 150 valence electrons. The van der Waals surface area contributed by atoms with Crippen LogP contribution in [0.25, 0.3) is 0 Å². The monoisotopic (exact) mass is 432 g/mol. The van der Waals surface area contributed by atoms with E-state index in [2.05, 4.69) is 10.0 Å². The zero-order valence-electron chi connectivity index (χ0n) is 15.4. The lowest BCUT2D eigenvalue weighted by atomic mass is 10.1. The van der Waals surface area contributed by atoms with E-state index in [4.69, 9.17) is 11.6 Å². The largest absolute Gasteiger partial charge is 0.348 e. The van der Waals surface area contributed by atoms with Crippen molar-refractivity contribution < 1.29 is 17.6 Å². The summed E-state index contributed by atoms with van der Waals surface area (Å²) >= 11 is 6.10. The first-order chi connectivity index (χ1) is 13.8. The first-order valence-corrected chi connectivity index (χ1v) is 10.5. The first-order valence-electron chi connectivity index (χ1n) is 8.67. The molecule has 0 aliphatic rings. The molecule has 0 radical (unpaired) electrons. The van der Waals surface area contributed by atoms with Gasteiger partial charge in [-0.3, -0.25) is 9.52 Å². The van der Waals surface area contributed by atoms with Gasteiger partial charge in [-0.25, -0.2) is 12.8 Å². The van der Waals surface area contributed by atoms with Crippen molar-refractivity contribution in [2.75, 3.05) is 4.72 Å². The molecule has 0 atom stereocenters. The molecule has 3 aromatic carbocycles. The van der Waals surface area contributed by atoms with Gasteiger partial charge < -0.3 is 5.32 Å². The van der Waals surface area contributed by atoms with Crippen molar-refractivity contribution in [2.45, 2.75) is 18.4 Å². The number of carbonyl (C=O) groups excluding carboxylic acids is 1. The summed E-state index contributed by atoms with van der Waals surface area (Å²) in [6, 6.07) is 16.7. The molecule has 0 spiro atoms. The van der Waals surface area contributed by atoms with Crippen molar-refractivity contribution in [3.63, 3.8) is 0 Å². The average molecular weight is 433 g/mol. The third kappa shape index (κ3) is 5.13. The second-order valence-corrected chi connectivity index (χ2v) is 8.48. The van der Waals surface area contributed by atoms with Gasteiger partial charge in [-0.1, -0.05) is 47.5 Å². The number of rotatable bonds is 6. The first kappa shape index (κ1) is 20.8. The third-order valence-corrected chi connectivity index (χ3v) is 5.92. The van der Waals surface area contributed by atoms with Crippen LogP contribution in [0.4, 0.5) is 10.1 Å². The van der Waals surface area contributed by atoms with Gasteiger partial charge in [0.15, 0.2) is 0 Å². The van der Waals surface area contributed by atoms with E-state index in [1.807, 2.05) is 6.92 Å². The number of benzene rings is 3. The molecule has 2 N–H and O–H groups in total. The highest BCUT2D eigenvalue weighted by Gasteiger charge is 2.17. The normalized spacial score (nSPS) is 11.1. The van der Waals surface area contributed by atoms with Gasteiger partial charge in [0.2, 0.25) is 0 Å². The van der Waals surface area contributed by atoms with E-state index in [-0.39, 0.29) is 27.7 Å².